The monoisotopic (exact) mass is 419 g/mol. The van der Waals surface area contributed by atoms with Gasteiger partial charge in [0.15, 0.2) is 11.8 Å². The highest BCUT2D eigenvalue weighted by molar-refractivity contribution is 5.79. The summed E-state index contributed by atoms with van der Waals surface area (Å²) in [5.41, 5.74) is 0.322. The Morgan fingerprint density at radius 1 is 1.23 bits per heavy atom. The lowest BCUT2D eigenvalue weighted by Crippen LogP contribution is -2.47. The van der Waals surface area contributed by atoms with Gasteiger partial charge in [-0.2, -0.15) is 0 Å². The second kappa shape index (κ2) is 11.1. The van der Waals surface area contributed by atoms with Gasteiger partial charge in [0, 0.05) is 39.9 Å². The number of hydrogen-bond donors (Lipinski definition) is 2. The van der Waals surface area contributed by atoms with Crippen LogP contribution in [0.15, 0.2) is 4.99 Å². The first-order chi connectivity index (χ1) is 14.6. The summed E-state index contributed by atoms with van der Waals surface area (Å²) in [5, 5.41) is 15.7. The van der Waals surface area contributed by atoms with Crippen LogP contribution in [0.1, 0.15) is 63.5 Å². The normalized spacial score (nSPS) is 22.0. The van der Waals surface area contributed by atoms with Crippen LogP contribution in [-0.4, -0.2) is 71.6 Å². The van der Waals surface area contributed by atoms with E-state index in [0.717, 1.165) is 50.3 Å². The maximum absolute atomic E-state index is 5.40. The minimum absolute atomic E-state index is 0.322. The van der Waals surface area contributed by atoms with Gasteiger partial charge in [-0.25, -0.2) is 4.99 Å². The maximum Gasteiger partial charge on any atom is 0.191 e. The molecule has 2 N–H and O–H groups in total. The van der Waals surface area contributed by atoms with E-state index < -0.39 is 0 Å². The second-order valence-electron chi connectivity index (χ2n) is 9.00. The fourth-order valence-corrected chi connectivity index (χ4v) is 4.90. The SMILES string of the molecule is CCN1CCCC1CNC(=NCc1nnc(C)n1C)NCC1(CCOC)CCCC1. The molecule has 3 rings (SSSR count). The quantitative estimate of drug-likeness (QED) is 0.447. The van der Waals surface area contributed by atoms with Crippen molar-refractivity contribution in [1.82, 2.24) is 30.3 Å². The topological polar surface area (TPSA) is 79.6 Å². The molecule has 0 spiro atoms. The molecular formula is C22H41N7O. The van der Waals surface area contributed by atoms with Gasteiger partial charge in [0.2, 0.25) is 0 Å². The molecule has 1 saturated heterocycles. The molecule has 1 unspecified atom stereocenters. The van der Waals surface area contributed by atoms with Crippen LogP contribution in [0.2, 0.25) is 0 Å². The van der Waals surface area contributed by atoms with Crippen molar-refractivity contribution in [2.24, 2.45) is 17.5 Å². The minimum atomic E-state index is 0.322. The third-order valence-corrected chi connectivity index (χ3v) is 7.10. The maximum atomic E-state index is 5.40. The average molecular weight is 420 g/mol. The molecule has 2 fully saturated rings. The molecule has 1 aromatic rings. The summed E-state index contributed by atoms with van der Waals surface area (Å²) in [5.74, 6) is 2.69. The number of nitrogens with zero attached hydrogens (tertiary/aromatic N) is 5. The number of hydrogen-bond acceptors (Lipinski definition) is 5. The number of aromatic nitrogens is 3. The van der Waals surface area contributed by atoms with Crippen molar-refractivity contribution >= 4 is 5.96 Å². The van der Waals surface area contributed by atoms with Crippen molar-refractivity contribution in [3.8, 4) is 0 Å². The number of likely N-dealkylation sites (tertiary alicyclic amines) is 1. The second-order valence-corrected chi connectivity index (χ2v) is 9.00. The number of guanidine groups is 1. The lowest BCUT2D eigenvalue weighted by Gasteiger charge is -2.30. The van der Waals surface area contributed by atoms with Gasteiger partial charge in [0.25, 0.3) is 0 Å². The van der Waals surface area contributed by atoms with Gasteiger partial charge in [-0.05, 0) is 57.5 Å². The number of likely N-dealkylation sites (N-methyl/N-ethyl adjacent to an activating group) is 1. The number of methoxy groups -OCH3 is 1. The van der Waals surface area contributed by atoms with E-state index in [1.165, 1.54) is 45.1 Å². The molecular weight excluding hydrogens is 378 g/mol. The van der Waals surface area contributed by atoms with Crippen molar-refractivity contribution in [2.45, 2.75) is 71.4 Å². The first kappa shape index (κ1) is 23.0. The third-order valence-electron chi connectivity index (χ3n) is 7.10. The van der Waals surface area contributed by atoms with Crippen LogP contribution in [0.3, 0.4) is 0 Å². The van der Waals surface area contributed by atoms with Gasteiger partial charge in [0.05, 0.1) is 0 Å². The zero-order valence-corrected chi connectivity index (χ0v) is 19.4. The molecule has 1 saturated carbocycles. The Morgan fingerprint density at radius 2 is 2.03 bits per heavy atom. The first-order valence-electron chi connectivity index (χ1n) is 11.7. The van der Waals surface area contributed by atoms with Crippen LogP contribution in [0.4, 0.5) is 0 Å². The Hall–Kier alpha value is -1.67. The van der Waals surface area contributed by atoms with E-state index >= 15 is 0 Å². The predicted molar refractivity (Wildman–Crippen MR) is 121 cm³/mol. The van der Waals surface area contributed by atoms with Gasteiger partial charge in [-0.3, -0.25) is 4.90 Å². The molecule has 1 aliphatic carbocycles. The van der Waals surface area contributed by atoms with Crippen LogP contribution in [0.25, 0.3) is 0 Å². The van der Waals surface area contributed by atoms with Gasteiger partial charge in [0.1, 0.15) is 12.4 Å². The van der Waals surface area contributed by atoms with Crippen molar-refractivity contribution in [3.63, 3.8) is 0 Å². The van der Waals surface area contributed by atoms with Gasteiger partial charge in [-0.1, -0.05) is 19.8 Å². The average Bonchev–Trinajstić information content (AvgIpc) is 3.48. The molecule has 2 aliphatic rings. The summed E-state index contributed by atoms with van der Waals surface area (Å²) < 4.78 is 7.41. The van der Waals surface area contributed by atoms with Gasteiger partial charge < -0.3 is 19.9 Å². The Morgan fingerprint density at radius 3 is 2.70 bits per heavy atom. The molecule has 0 aromatic carbocycles. The molecule has 0 radical (unpaired) electrons. The van der Waals surface area contributed by atoms with E-state index in [1.54, 1.807) is 7.11 Å². The molecule has 8 nitrogen and oxygen atoms in total. The van der Waals surface area contributed by atoms with Gasteiger partial charge in [-0.15, -0.1) is 10.2 Å². The summed E-state index contributed by atoms with van der Waals surface area (Å²) >= 11 is 0. The fraction of sp³-hybridized carbons (Fsp3) is 0.864. The number of ether oxygens (including phenoxy) is 1. The standard InChI is InChI=1S/C22H41N7O/c1-5-29-13-8-9-19(29)15-23-21(24-16-20-27-26-18(2)28(20)3)25-17-22(12-14-30-4)10-6-7-11-22/h19H,5-17H2,1-4H3,(H2,23,24,25). The van der Waals surface area contributed by atoms with E-state index in [0.29, 0.717) is 18.0 Å². The molecule has 1 atom stereocenters. The minimum Gasteiger partial charge on any atom is -0.385 e. The lowest BCUT2D eigenvalue weighted by atomic mass is 9.83. The number of aryl methyl sites for hydroxylation is 1. The van der Waals surface area contributed by atoms with E-state index in [4.69, 9.17) is 9.73 Å². The predicted octanol–water partition coefficient (Wildman–Crippen LogP) is 2.24. The van der Waals surface area contributed by atoms with E-state index in [2.05, 4.69) is 32.7 Å². The molecule has 1 aromatic heterocycles. The zero-order valence-electron chi connectivity index (χ0n) is 19.4. The number of rotatable bonds is 10. The molecule has 8 heteroatoms. The van der Waals surface area contributed by atoms with E-state index in [-0.39, 0.29) is 0 Å². The Balaban J connectivity index is 1.64. The van der Waals surface area contributed by atoms with Crippen molar-refractivity contribution in [3.05, 3.63) is 11.6 Å². The summed E-state index contributed by atoms with van der Waals surface area (Å²) in [7, 11) is 3.80. The zero-order chi connectivity index (χ0) is 21.4. The van der Waals surface area contributed by atoms with Crippen LogP contribution in [0.5, 0.6) is 0 Å². The largest absolute Gasteiger partial charge is 0.385 e. The summed E-state index contributed by atoms with van der Waals surface area (Å²) in [6, 6.07) is 0.591. The number of nitrogens with one attached hydrogen (secondary N) is 2. The van der Waals surface area contributed by atoms with Crippen LogP contribution >= 0.6 is 0 Å². The Bertz CT molecular complexity index is 681. The molecule has 0 bridgehead atoms. The Kier molecular flexibility index (Phi) is 8.50. The molecule has 2 heterocycles. The third kappa shape index (κ3) is 5.94. The van der Waals surface area contributed by atoms with E-state index in [1.807, 2.05) is 18.5 Å². The molecule has 1 aliphatic heterocycles. The van der Waals surface area contributed by atoms with E-state index in [9.17, 15) is 0 Å². The van der Waals surface area contributed by atoms with Crippen LogP contribution in [0, 0.1) is 12.3 Å². The highest BCUT2D eigenvalue weighted by Crippen LogP contribution is 2.40. The van der Waals surface area contributed by atoms with Gasteiger partial charge >= 0.3 is 0 Å². The number of aliphatic imine (C=N–C) groups is 1. The molecule has 170 valence electrons. The van der Waals surface area contributed by atoms with Crippen molar-refractivity contribution < 1.29 is 4.74 Å². The van der Waals surface area contributed by atoms with Crippen LogP contribution in [-0.2, 0) is 18.3 Å². The highest BCUT2D eigenvalue weighted by Gasteiger charge is 2.33. The Labute approximate surface area is 181 Å². The summed E-state index contributed by atoms with van der Waals surface area (Å²) in [6.45, 7) is 9.78. The summed E-state index contributed by atoms with van der Waals surface area (Å²) in [4.78, 5) is 7.44. The van der Waals surface area contributed by atoms with Crippen LogP contribution < -0.4 is 10.6 Å². The lowest BCUT2D eigenvalue weighted by molar-refractivity contribution is 0.138. The summed E-state index contributed by atoms with van der Waals surface area (Å²) in [6.07, 6.45) is 8.83. The first-order valence-corrected chi connectivity index (χ1v) is 11.7. The highest BCUT2D eigenvalue weighted by atomic mass is 16.5. The molecule has 30 heavy (non-hydrogen) atoms. The fourth-order valence-electron chi connectivity index (χ4n) is 4.90. The molecule has 0 amide bonds. The smallest absolute Gasteiger partial charge is 0.191 e. The van der Waals surface area contributed by atoms with Crippen molar-refractivity contribution in [2.75, 3.05) is 39.9 Å². The van der Waals surface area contributed by atoms with Crippen molar-refractivity contribution in [1.29, 1.82) is 0 Å².